The van der Waals surface area contributed by atoms with E-state index in [0.717, 1.165) is 12.1 Å². The van der Waals surface area contributed by atoms with Crippen LogP contribution in [-0.4, -0.2) is 21.2 Å². The SMILES string of the molecule is O=C(O)c1cc(-c2cc3cccc(C(F)(F)F)c3[nH]2)on1. The molecule has 0 aliphatic rings. The Balaban J connectivity index is 2.15. The van der Waals surface area contributed by atoms with E-state index in [0.29, 0.717) is 5.39 Å². The number of nitrogens with one attached hydrogen (secondary N) is 1. The minimum absolute atomic E-state index is 0.0525. The third-order valence-electron chi connectivity index (χ3n) is 2.96. The smallest absolute Gasteiger partial charge is 0.418 e. The van der Waals surface area contributed by atoms with Gasteiger partial charge in [-0.15, -0.1) is 0 Å². The van der Waals surface area contributed by atoms with Crippen molar-refractivity contribution in [3.8, 4) is 11.5 Å². The monoisotopic (exact) mass is 296 g/mol. The first-order chi connectivity index (χ1) is 9.86. The first-order valence-electron chi connectivity index (χ1n) is 5.75. The average molecular weight is 296 g/mol. The molecular weight excluding hydrogens is 289 g/mol. The number of aromatic nitrogens is 2. The molecule has 0 bridgehead atoms. The van der Waals surface area contributed by atoms with Gasteiger partial charge in [-0.3, -0.25) is 0 Å². The second-order valence-corrected chi connectivity index (χ2v) is 4.33. The van der Waals surface area contributed by atoms with Gasteiger partial charge in [-0.1, -0.05) is 17.3 Å². The Hall–Kier alpha value is -2.77. The fourth-order valence-corrected chi connectivity index (χ4v) is 2.03. The van der Waals surface area contributed by atoms with E-state index in [9.17, 15) is 18.0 Å². The minimum atomic E-state index is -4.49. The number of hydrogen-bond donors (Lipinski definition) is 2. The van der Waals surface area contributed by atoms with Gasteiger partial charge in [-0.2, -0.15) is 13.2 Å². The van der Waals surface area contributed by atoms with Crippen molar-refractivity contribution < 1.29 is 27.6 Å². The van der Waals surface area contributed by atoms with Crippen LogP contribution < -0.4 is 0 Å². The normalized spacial score (nSPS) is 12.0. The van der Waals surface area contributed by atoms with Crippen molar-refractivity contribution in [2.75, 3.05) is 0 Å². The molecule has 2 aromatic heterocycles. The topological polar surface area (TPSA) is 79.1 Å². The van der Waals surface area contributed by atoms with Crippen LogP contribution in [0, 0.1) is 0 Å². The lowest BCUT2D eigenvalue weighted by atomic mass is 10.1. The number of rotatable bonds is 2. The van der Waals surface area contributed by atoms with Crippen LogP contribution >= 0.6 is 0 Å². The Morgan fingerprint density at radius 1 is 1.29 bits per heavy atom. The van der Waals surface area contributed by atoms with Gasteiger partial charge < -0.3 is 14.6 Å². The summed E-state index contributed by atoms with van der Waals surface area (Å²) in [6.45, 7) is 0. The third-order valence-corrected chi connectivity index (χ3v) is 2.96. The first-order valence-corrected chi connectivity index (χ1v) is 5.75. The average Bonchev–Trinajstić information content (AvgIpc) is 3.03. The summed E-state index contributed by atoms with van der Waals surface area (Å²) in [6.07, 6.45) is -4.49. The Morgan fingerprint density at radius 3 is 2.67 bits per heavy atom. The highest BCUT2D eigenvalue weighted by molar-refractivity contribution is 5.89. The van der Waals surface area contributed by atoms with Crippen molar-refractivity contribution in [2.24, 2.45) is 0 Å². The van der Waals surface area contributed by atoms with Crippen molar-refractivity contribution in [1.82, 2.24) is 10.1 Å². The van der Waals surface area contributed by atoms with Gasteiger partial charge in [0.15, 0.2) is 11.5 Å². The number of nitrogens with zero attached hydrogens (tertiary/aromatic N) is 1. The van der Waals surface area contributed by atoms with Gasteiger partial charge >= 0.3 is 12.1 Å². The van der Waals surface area contributed by atoms with Crippen LogP contribution in [0.15, 0.2) is 34.9 Å². The van der Waals surface area contributed by atoms with Gasteiger partial charge in [-0.05, 0) is 12.1 Å². The van der Waals surface area contributed by atoms with Crippen LogP contribution in [-0.2, 0) is 6.18 Å². The Labute approximate surface area is 115 Å². The van der Waals surface area contributed by atoms with Crippen LogP contribution in [0.4, 0.5) is 13.2 Å². The number of carboxylic acid groups (broad SMARTS) is 1. The molecule has 5 nitrogen and oxygen atoms in total. The molecule has 0 aliphatic heterocycles. The number of aromatic amines is 1. The van der Waals surface area contributed by atoms with Crippen LogP contribution in [0.5, 0.6) is 0 Å². The van der Waals surface area contributed by atoms with Crippen LogP contribution in [0.1, 0.15) is 16.1 Å². The number of H-pyrrole nitrogens is 1. The van der Waals surface area contributed by atoms with Crippen LogP contribution in [0.3, 0.4) is 0 Å². The zero-order chi connectivity index (χ0) is 15.2. The zero-order valence-electron chi connectivity index (χ0n) is 10.2. The maximum absolute atomic E-state index is 12.9. The summed E-state index contributed by atoms with van der Waals surface area (Å²) in [7, 11) is 0. The fraction of sp³-hybridized carbons (Fsp3) is 0.0769. The summed E-state index contributed by atoms with van der Waals surface area (Å²) in [4.78, 5) is 13.3. The molecule has 8 heteroatoms. The number of carboxylic acids is 1. The summed E-state index contributed by atoms with van der Waals surface area (Å²) >= 11 is 0. The van der Waals surface area contributed by atoms with E-state index >= 15 is 0 Å². The van der Waals surface area contributed by atoms with E-state index in [1.54, 1.807) is 0 Å². The first kappa shape index (κ1) is 13.2. The van der Waals surface area contributed by atoms with Gasteiger partial charge in [0.05, 0.1) is 16.8 Å². The summed E-state index contributed by atoms with van der Waals surface area (Å²) in [5.41, 5.74) is -0.987. The Kier molecular flexibility index (Phi) is 2.75. The van der Waals surface area contributed by atoms with Crippen LogP contribution in [0.25, 0.3) is 22.4 Å². The summed E-state index contributed by atoms with van der Waals surface area (Å²) in [5, 5.41) is 12.4. The van der Waals surface area contributed by atoms with Gasteiger partial charge in [0.1, 0.15) is 0 Å². The van der Waals surface area contributed by atoms with Crippen molar-refractivity contribution >= 4 is 16.9 Å². The maximum atomic E-state index is 12.9. The van der Waals surface area contributed by atoms with Crippen molar-refractivity contribution in [3.63, 3.8) is 0 Å². The van der Waals surface area contributed by atoms with Gasteiger partial charge in [0.2, 0.25) is 0 Å². The second kappa shape index (κ2) is 4.37. The lowest BCUT2D eigenvalue weighted by Crippen LogP contribution is -2.05. The largest absolute Gasteiger partial charge is 0.476 e. The van der Waals surface area contributed by atoms with Crippen molar-refractivity contribution in [3.05, 3.63) is 41.6 Å². The van der Waals surface area contributed by atoms with E-state index < -0.39 is 17.7 Å². The zero-order valence-corrected chi connectivity index (χ0v) is 10.2. The van der Waals surface area contributed by atoms with Crippen LogP contribution in [0.2, 0.25) is 0 Å². The van der Waals surface area contributed by atoms with Crippen molar-refractivity contribution in [1.29, 1.82) is 0 Å². The van der Waals surface area contributed by atoms with E-state index in [1.807, 2.05) is 0 Å². The van der Waals surface area contributed by atoms with E-state index in [4.69, 9.17) is 9.63 Å². The fourth-order valence-electron chi connectivity index (χ4n) is 2.03. The number of fused-ring (bicyclic) bond motifs is 1. The second-order valence-electron chi connectivity index (χ2n) is 4.33. The highest BCUT2D eigenvalue weighted by Crippen LogP contribution is 2.36. The van der Waals surface area contributed by atoms with E-state index in [2.05, 4.69) is 10.1 Å². The third kappa shape index (κ3) is 2.24. The molecule has 2 N–H and O–H groups in total. The summed E-state index contributed by atoms with van der Waals surface area (Å²) in [5.74, 6) is -1.23. The molecule has 0 amide bonds. The molecule has 1 aromatic carbocycles. The number of halogens is 3. The quantitative estimate of drug-likeness (QED) is 0.758. The lowest BCUT2D eigenvalue weighted by Gasteiger charge is -2.07. The van der Waals surface area contributed by atoms with Gasteiger partial charge in [0, 0.05) is 11.5 Å². The molecule has 108 valence electrons. The highest BCUT2D eigenvalue weighted by atomic mass is 19.4. The molecule has 0 spiro atoms. The predicted octanol–water partition coefficient (Wildman–Crippen LogP) is 3.54. The standard InChI is InChI=1S/C13H7F3N2O3/c14-13(15,16)7-3-1-2-6-4-8(17-11(6)7)10-5-9(12(19)20)18-21-10/h1-5,17H,(H,19,20). The molecule has 0 radical (unpaired) electrons. The highest BCUT2D eigenvalue weighted by Gasteiger charge is 2.33. The van der Waals surface area contributed by atoms with Crippen molar-refractivity contribution in [2.45, 2.75) is 6.18 Å². The summed E-state index contributed by atoms with van der Waals surface area (Å²) < 4.78 is 43.5. The van der Waals surface area contributed by atoms with Gasteiger partial charge in [0.25, 0.3) is 0 Å². The number of alkyl halides is 3. The Morgan fingerprint density at radius 2 is 2.05 bits per heavy atom. The maximum Gasteiger partial charge on any atom is 0.418 e. The summed E-state index contributed by atoms with van der Waals surface area (Å²) in [6, 6.07) is 6.35. The lowest BCUT2D eigenvalue weighted by molar-refractivity contribution is -0.136. The van der Waals surface area contributed by atoms with Gasteiger partial charge in [-0.25, -0.2) is 4.79 Å². The molecule has 2 heterocycles. The molecule has 0 atom stereocenters. The molecule has 3 aromatic rings. The number of aromatic carboxylic acids is 1. The molecule has 0 aliphatic carbocycles. The molecule has 0 fully saturated rings. The molecular formula is C13H7F3N2O3. The number of hydrogen-bond acceptors (Lipinski definition) is 3. The molecule has 0 saturated carbocycles. The number of carbonyl (C=O) groups is 1. The van der Waals surface area contributed by atoms with E-state index in [-0.39, 0.29) is 22.7 Å². The minimum Gasteiger partial charge on any atom is -0.476 e. The number of para-hydroxylation sites is 1. The number of benzene rings is 1. The molecule has 0 saturated heterocycles. The predicted molar refractivity (Wildman–Crippen MR) is 65.8 cm³/mol. The van der Waals surface area contributed by atoms with E-state index in [1.165, 1.54) is 18.2 Å². The Bertz CT molecular complexity index is 833. The molecule has 3 rings (SSSR count). The molecule has 21 heavy (non-hydrogen) atoms. The molecule has 0 unspecified atom stereocenters.